The second kappa shape index (κ2) is 8.36. The number of aliphatic hydroxyl groups excluding tert-OH is 1. The Hall–Kier alpha value is -3.32. The molecule has 0 unspecified atom stereocenters. The predicted molar refractivity (Wildman–Crippen MR) is 103 cm³/mol. The van der Waals surface area contributed by atoms with Gasteiger partial charge in [-0.1, -0.05) is 23.7 Å². The quantitative estimate of drug-likeness (QED) is 0.439. The molecule has 2 aromatic rings. The van der Waals surface area contributed by atoms with Gasteiger partial charge in [0.1, 0.15) is 11.5 Å². The molecule has 0 saturated carbocycles. The fourth-order valence-electron chi connectivity index (χ4n) is 3.22. The van der Waals surface area contributed by atoms with E-state index in [0.29, 0.717) is 21.9 Å². The minimum absolute atomic E-state index is 0.124. The van der Waals surface area contributed by atoms with Crippen LogP contribution >= 0.6 is 11.6 Å². The molecule has 2 aromatic carbocycles. The molecule has 8 heteroatoms. The number of benzene rings is 2. The van der Waals surface area contributed by atoms with E-state index in [1.807, 2.05) is 0 Å². The van der Waals surface area contributed by atoms with Gasteiger partial charge in [0, 0.05) is 29.5 Å². The molecule has 150 valence electrons. The number of carbonyl (C=O) groups is 3. The maximum atomic E-state index is 12.7. The van der Waals surface area contributed by atoms with Crippen LogP contribution in [0.25, 0.3) is 5.76 Å². The van der Waals surface area contributed by atoms with Gasteiger partial charge < -0.3 is 24.6 Å². The molecule has 1 amide bonds. The maximum Gasteiger partial charge on any atom is 0.295 e. The molecule has 0 aliphatic carbocycles. The molecule has 1 fully saturated rings. The van der Waals surface area contributed by atoms with Crippen LogP contribution in [-0.2, 0) is 14.4 Å². The number of hydrogen-bond acceptors (Lipinski definition) is 6. The lowest BCUT2D eigenvalue weighted by Crippen LogP contribution is -2.34. The van der Waals surface area contributed by atoms with Crippen molar-refractivity contribution < 1.29 is 29.3 Å². The van der Waals surface area contributed by atoms with E-state index in [0.717, 1.165) is 4.90 Å². The van der Waals surface area contributed by atoms with Gasteiger partial charge in [-0.15, -0.1) is 0 Å². The molecule has 1 heterocycles. The van der Waals surface area contributed by atoms with Gasteiger partial charge in [0.2, 0.25) is 0 Å². The lowest BCUT2D eigenvalue weighted by Gasteiger charge is -2.25. The average molecular weight is 415 g/mol. The van der Waals surface area contributed by atoms with Crippen molar-refractivity contribution in [2.45, 2.75) is 12.5 Å². The number of ketones is 1. The van der Waals surface area contributed by atoms with Crippen LogP contribution in [0.2, 0.25) is 5.02 Å². The highest BCUT2D eigenvalue weighted by atomic mass is 35.5. The first-order valence-electron chi connectivity index (χ1n) is 8.71. The zero-order valence-electron chi connectivity index (χ0n) is 15.4. The standard InChI is InChI=1S/C21H18ClNO6/c1-29-15-8-4-12(5-9-15)18-17(19(26)13-2-6-14(22)7-3-13)20(27)21(28)23(18)11-10-16(24)25/h2-9,18,26H,10-11H2,1H3,(H,24,25)/p-1/t18-/m0/s1. The summed E-state index contributed by atoms with van der Waals surface area (Å²) in [5, 5.41) is 22.2. The van der Waals surface area contributed by atoms with Gasteiger partial charge in [0.05, 0.1) is 18.7 Å². The Labute approximate surface area is 171 Å². The highest BCUT2D eigenvalue weighted by Gasteiger charge is 2.45. The van der Waals surface area contributed by atoms with E-state index in [1.165, 1.54) is 19.2 Å². The van der Waals surface area contributed by atoms with Gasteiger partial charge >= 0.3 is 0 Å². The Morgan fingerprint density at radius 1 is 1.14 bits per heavy atom. The van der Waals surface area contributed by atoms with Crippen molar-refractivity contribution in [2.24, 2.45) is 0 Å². The molecular weight excluding hydrogens is 398 g/mol. The number of carboxylic acid groups (broad SMARTS) is 1. The van der Waals surface area contributed by atoms with Gasteiger partial charge in [-0.3, -0.25) is 9.59 Å². The zero-order chi connectivity index (χ0) is 21.1. The lowest BCUT2D eigenvalue weighted by molar-refractivity contribution is -0.305. The van der Waals surface area contributed by atoms with Crippen molar-refractivity contribution in [3.8, 4) is 5.75 Å². The number of nitrogens with zero attached hydrogens (tertiary/aromatic N) is 1. The van der Waals surface area contributed by atoms with Crippen molar-refractivity contribution in [1.82, 2.24) is 4.90 Å². The second-order valence-corrected chi connectivity index (χ2v) is 6.83. The van der Waals surface area contributed by atoms with Crippen LogP contribution in [0, 0.1) is 0 Å². The van der Waals surface area contributed by atoms with Gasteiger partial charge in [-0.25, -0.2) is 0 Å². The topological polar surface area (TPSA) is 107 Å². The smallest absolute Gasteiger partial charge is 0.295 e. The van der Waals surface area contributed by atoms with Crippen molar-refractivity contribution in [3.63, 3.8) is 0 Å². The number of methoxy groups -OCH3 is 1. The molecule has 1 atom stereocenters. The Balaban J connectivity index is 2.13. The van der Waals surface area contributed by atoms with Crippen molar-refractivity contribution in [3.05, 3.63) is 70.3 Å². The predicted octanol–water partition coefficient (Wildman–Crippen LogP) is 1.91. The summed E-state index contributed by atoms with van der Waals surface area (Å²) in [5.41, 5.74) is 0.713. The van der Waals surface area contributed by atoms with Gasteiger partial charge in [-0.2, -0.15) is 0 Å². The first-order valence-corrected chi connectivity index (χ1v) is 9.09. The fourth-order valence-corrected chi connectivity index (χ4v) is 3.34. The molecule has 1 N–H and O–H groups in total. The summed E-state index contributed by atoms with van der Waals surface area (Å²) in [6, 6.07) is 11.8. The summed E-state index contributed by atoms with van der Waals surface area (Å²) >= 11 is 5.87. The summed E-state index contributed by atoms with van der Waals surface area (Å²) < 4.78 is 5.13. The zero-order valence-corrected chi connectivity index (χ0v) is 16.2. The molecule has 29 heavy (non-hydrogen) atoms. The molecule has 1 aliphatic rings. The minimum Gasteiger partial charge on any atom is -0.550 e. The van der Waals surface area contributed by atoms with Crippen molar-refractivity contribution >= 4 is 35.0 Å². The summed E-state index contributed by atoms with van der Waals surface area (Å²) in [6.45, 7) is -0.235. The number of amides is 1. The Morgan fingerprint density at radius 3 is 2.31 bits per heavy atom. The van der Waals surface area contributed by atoms with E-state index in [1.54, 1.807) is 36.4 Å². The largest absolute Gasteiger partial charge is 0.550 e. The van der Waals surface area contributed by atoms with Crippen LogP contribution in [0.4, 0.5) is 0 Å². The lowest BCUT2D eigenvalue weighted by atomic mass is 9.95. The molecule has 1 aliphatic heterocycles. The first-order chi connectivity index (χ1) is 13.8. The van der Waals surface area contributed by atoms with E-state index in [-0.39, 0.29) is 17.9 Å². The molecule has 3 rings (SSSR count). The molecular formula is C21H17ClNO6-. The molecule has 0 aromatic heterocycles. The molecule has 7 nitrogen and oxygen atoms in total. The van der Waals surface area contributed by atoms with Crippen LogP contribution in [-0.4, -0.2) is 41.3 Å². The van der Waals surface area contributed by atoms with E-state index < -0.39 is 30.1 Å². The third-order valence-corrected chi connectivity index (χ3v) is 4.90. The van der Waals surface area contributed by atoms with Gasteiger partial charge in [0.15, 0.2) is 0 Å². The highest BCUT2D eigenvalue weighted by molar-refractivity contribution is 6.46. The Bertz CT molecular complexity index is 981. The number of rotatable bonds is 6. The molecule has 0 bridgehead atoms. The number of carbonyl (C=O) groups excluding carboxylic acids is 3. The fraction of sp³-hybridized carbons (Fsp3) is 0.190. The summed E-state index contributed by atoms with van der Waals surface area (Å²) in [6.07, 6.45) is -0.444. The minimum atomic E-state index is -1.35. The van der Waals surface area contributed by atoms with E-state index in [2.05, 4.69) is 0 Å². The van der Waals surface area contributed by atoms with Crippen molar-refractivity contribution in [2.75, 3.05) is 13.7 Å². The molecule has 0 radical (unpaired) electrons. The third kappa shape index (κ3) is 4.09. The highest BCUT2D eigenvalue weighted by Crippen LogP contribution is 2.39. The van der Waals surface area contributed by atoms with Crippen LogP contribution in [0.3, 0.4) is 0 Å². The number of ether oxygens (including phenoxy) is 1. The number of likely N-dealkylation sites (tertiary alicyclic amines) is 1. The number of halogens is 1. The number of Topliss-reactive ketones (excluding diaryl/α,β-unsaturated/α-hetero) is 1. The van der Waals surface area contributed by atoms with Crippen molar-refractivity contribution in [1.29, 1.82) is 0 Å². The van der Waals surface area contributed by atoms with Crippen LogP contribution < -0.4 is 9.84 Å². The summed E-state index contributed by atoms with van der Waals surface area (Å²) in [7, 11) is 1.50. The maximum absolute atomic E-state index is 12.7. The van der Waals surface area contributed by atoms with Crippen LogP contribution in [0.15, 0.2) is 54.1 Å². The molecule has 1 saturated heterocycles. The number of aliphatic carboxylic acids is 1. The Kier molecular flexibility index (Phi) is 5.89. The summed E-state index contributed by atoms with van der Waals surface area (Å²) in [5.74, 6) is -2.92. The second-order valence-electron chi connectivity index (χ2n) is 6.39. The van der Waals surface area contributed by atoms with E-state index in [4.69, 9.17) is 16.3 Å². The van der Waals surface area contributed by atoms with E-state index >= 15 is 0 Å². The third-order valence-electron chi connectivity index (χ3n) is 4.65. The SMILES string of the molecule is COc1ccc([C@H]2C(=C(O)c3ccc(Cl)cc3)C(=O)C(=O)N2CCC(=O)[O-])cc1. The van der Waals surface area contributed by atoms with E-state index in [9.17, 15) is 24.6 Å². The summed E-state index contributed by atoms with van der Waals surface area (Å²) in [4.78, 5) is 37.4. The number of aliphatic hydroxyl groups is 1. The van der Waals surface area contributed by atoms with Crippen LogP contribution in [0.1, 0.15) is 23.6 Å². The van der Waals surface area contributed by atoms with Gasteiger partial charge in [-0.05, 0) is 42.0 Å². The average Bonchev–Trinajstić information content (AvgIpc) is 2.97. The Morgan fingerprint density at radius 2 is 1.76 bits per heavy atom. The monoisotopic (exact) mass is 414 g/mol. The molecule has 0 spiro atoms. The number of carboxylic acids is 1. The van der Waals surface area contributed by atoms with Crippen LogP contribution in [0.5, 0.6) is 5.75 Å². The normalized spacial score (nSPS) is 18.1. The number of hydrogen-bond donors (Lipinski definition) is 1. The first kappa shape index (κ1) is 20.4. The van der Waals surface area contributed by atoms with Gasteiger partial charge in [0.25, 0.3) is 11.7 Å².